The summed E-state index contributed by atoms with van der Waals surface area (Å²) in [4.78, 5) is 14.3. The molecule has 1 saturated carbocycles. The fourth-order valence-corrected chi connectivity index (χ4v) is 2.91. The Morgan fingerprint density at radius 2 is 2.00 bits per heavy atom. The molecule has 1 fully saturated rings. The molecule has 0 bridgehead atoms. The summed E-state index contributed by atoms with van der Waals surface area (Å²) in [5, 5.41) is 9.17. The van der Waals surface area contributed by atoms with Gasteiger partial charge in [0.2, 0.25) is 5.91 Å². The van der Waals surface area contributed by atoms with Crippen LogP contribution in [0.25, 0.3) is 0 Å². The topological polar surface area (TPSA) is 40.5 Å². The van der Waals surface area contributed by atoms with Crippen LogP contribution < -0.4 is 0 Å². The van der Waals surface area contributed by atoms with Gasteiger partial charge in [-0.05, 0) is 30.9 Å². The third-order valence-electron chi connectivity index (χ3n) is 4.03. The zero-order valence-electron chi connectivity index (χ0n) is 11.6. The Morgan fingerprint density at radius 3 is 2.63 bits per heavy atom. The molecule has 1 amide bonds. The Labute approximate surface area is 115 Å². The van der Waals surface area contributed by atoms with E-state index >= 15 is 0 Å². The second-order valence-electron chi connectivity index (χ2n) is 5.35. The number of hydrogen-bond acceptors (Lipinski definition) is 2. The predicted molar refractivity (Wildman–Crippen MR) is 75.9 cm³/mol. The number of carbonyl (C=O) groups excluding carboxylic acids is 1. The molecule has 2 rings (SSSR count). The van der Waals surface area contributed by atoms with Crippen molar-refractivity contribution in [2.45, 2.75) is 45.1 Å². The lowest BCUT2D eigenvalue weighted by Gasteiger charge is -2.28. The van der Waals surface area contributed by atoms with Crippen LogP contribution in [-0.4, -0.2) is 35.1 Å². The van der Waals surface area contributed by atoms with Crippen LogP contribution in [0.4, 0.5) is 0 Å². The number of carbonyl (C=O) groups is 1. The van der Waals surface area contributed by atoms with Crippen LogP contribution in [0.2, 0.25) is 0 Å². The van der Waals surface area contributed by atoms with E-state index in [1.165, 1.54) is 12.8 Å². The predicted octanol–water partition coefficient (Wildman–Crippen LogP) is 2.30. The van der Waals surface area contributed by atoms with Gasteiger partial charge < -0.3 is 10.0 Å². The van der Waals surface area contributed by atoms with Gasteiger partial charge in [0.05, 0.1) is 13.0 Å². The minimum atomic E-state index is 0.0516. The molecule has 19 heavy (non-hydrogen) atoms. The molecule has 1 N–H and O–H groups in total. The van der Waals surface area contributed by atoms with Crippen molar-refractivity contribution in [1.82, 2.24) is 4.90 Å². The Bertz CT molecular complexity index is 425. The number of hydrogen-bond donors (Lipinski definition) is 1. The molecule has 0 heterocycles. The summed E-state index contributed by atoms with van der Waals surface area (Å²) >= 11 is 0. The van der Waals surface area contributed by atoms with Gasteiger partial charge in [-0.25, -0.2) is 0 Å². The number of rotatable bonds is 5. The molecule has 0 atom stereocenters. The lowest BCUT2D eigenvalue weighted by Crippen LogP contribution is -2.41. The molecule has 1 aromatic rings. The van der Waals surface area contributed by atoms with Gasteiger partial charge in [0.15, 0.2) is 0 Å². The summed E-state index contributed by atoms with van der Waals surface area (Å²) in [6, 6.07) is 8.35. The fraction of sp³-hybridized carbons (Fsp3) is 0.562. The Kier molecular flexibility index (Phi) is 4.97. The van der Waals surface area contributed by atoms with Gasteiger partial charge in [-0.3, -0.25) is 4.79 Å². The maximum absolute atomic E-state index is 12.5. The number of aliphatic hydroxyl groups excluding tert-OH is 1. The molecule has 3 nitrogen and oxygen atoms in total. The summed E-state index contributed by atoms with van der Waals surface area (Å²) in [7, 11) is 0. The fourth-order valence-electron chi connectivity index (χ4n) is 2.91. The first-order chi connectivity index (χ1) is 9.22. The van der Waals surface area contributed by atoms with Gasteiger partial charge in [-0.15, -0.1) is 0 Å². The van der Waals surface area contributed by atoms with Crippen LogP contribution in [0, 0.1) is 6.92 Å². The number of amides is 1. The van der Waals surface area contributed by atoms with Gasteiger partial charge >= 0.3 is 0 Å². The average molecular weight is 261 g/mol. The van der Waals surface area contributed by atoms with E-state index in [0.29, 0.717) is 19.0 Å². The maximum Gasteiger partial charge on any atom is 0.227 e. The first-order valence-corrected chi connectivity index (χ1v) is 7.17. The van der Waals surface area contributed by atoms with Crippen molar-refractivity contribution >= 4 is 5.91 Å². The third kappa shape index (κ3) is 3.57. The van der Waals surface area contributed by atoms with E-state index in [1.807, 2.05) is 36.1 Å². The Hall–Kier alpha value is -1.35. The summed E-state index contributed by atoms with van der Waals surface area (Å²) in [6.45, 7) is 2.56. The standard InChI is InChI=1S/C16H23NO2/c1-13-6-2-3-7-14(13)12-16(19)17(10-11-18)15-8-4-5-9-15/h2-3,6-7,15,18H,4-5,8-12H2,1H3. The highest BCUT2D eigenvalue weighted by molar-refractivity contribution is 5.79. The molecule has 0 aliphatic heterocycles. The normalized spacial score (nSPS) is 15.7. The zero-order valence-corrected chi connectivity index (χ0v) is 11.6. The highest BCUT2D eigenvalue weighted by atomic mass is 16.3. The van der Waals surface area contributed by atoms with Crippen molar-refractivity contribution in [2.75, 3.05) is 13.2 Å². The van der Waals surface area contributed by atoms with E-state index in [-0.39, 0.29) is 12.5 Å². The first-order valence-electron chi connectivity index (χ1n) is 7.17. The van der Waals surface area contributed by atoms with Crippen molar-refractivity contribution in [3.8, 4) is 0 Å². The zero-order chi connectivity index (χ0) is 13.7. The van der Waals surface area contributed by atoms with Crippen LogP contribution in [0.15, 0.2) is 24.3 Å². The molecule has 104 valence electrons. The quantitative estimate of drug-likeness (QED) is 0.883. The molecule has 1 aromatic carbocycles. The summed E-state index contributed by atoms with van der Waals surface area (Å²) in [5.74, 6) is 0.148. The lowest BCUT2D eigenvalue weighted by atomic mass is 10.0. The minimum Gasteiger partial charge on any atom is -0.395 e. The number of benzene rings is 1. The van der Waals surface area contributed by atoms with E-state index in [4.69, 9.17) is 0 Å². The van der Waals surface area contributed by atoms with E-state index in [1.54, 1.807) is 0 Å². The SMILES string of the molecule is Cc1ccccc1CC(=O)N(CCO)C1CCCC1. The third-order valence-corrected chi connectivity index (χ3v) is 4.03. The lowest BCUT2D eigenvalue weighted by molar-refractivity contribution is -0.133. The van der Waals surface area contributed by atoms with Crippen LogP contribution >= 0.6 is 0 Å². The Balaban J connectivity index is 2.05. The highest BCUT2D eigenvalue weighted by Crippen LogP contribution is 2.24. The van der Waals surface area contributed by atoms with Crippen molar-refractivity contribution < 1.29 is 9.90 Å². The molecular formula is C16H23NO2. The van der Waals surface area contributed by atoms with Crippen molar-refractivity contribution in [2.24, 2.45) is 0 Å². The van der Waals surface area contributed by atoms with Crippen LogP contribution in [0.3, 0.4) is 0 Å². The molecule has 1 aliphatic carbocycles. The molecular weight excluding hydrogens is 238 g/mol. The van der Waals surface area contributed by atoms with Crippen LogP contribution in [-0.2, 0) is 11.2 Å². The summed E-state index contributed by atoms with van der Waals surface area (Å²) in [5.41, 5.74) is 2.25. The highest BCUT2D eigenvalue weighted by Gasteiger charge is 2.26. The van der Waals surface area contributed by atoms with Crippen LogP contribution in [0.1, 0.15) is 36.8 Å². The molecule has 0 unspecified atom stereocenters. The number of aryl methyl sites for hydroxylation is 1. The monoisotopic (exact) mass is 261 g/mol. The smallest absolute Gasteiger partial charge is 0.227 e. The van der Waals surface area contributed by atoms with Crippen LogP contribution in [0.5, 0.6) is 0 Å². The molecule has 0 spiro atoms. The molecule has 0 saturated heterocycles. The van der Waals surface area contributed by atoms with Crippen molar-refractivity contribution in [3.63, 3.8) is 0 Å². The number of nitrogens with zero attached hydrogens (tertiary/aromatic N) is 1. The maximum atomic E-state index is 12.5. The van der Waals surface area contributed by atoms with Gasteiger partial charge in [-0.1, -0.05) is 37.1 Å². The number of aliphatic hydroxyl groups is 1. The van der Waals surface area contributed by atoms with E-state index in [9.17, 15) is 9.90 Å². The second-order valence-corrected chi connectivity index (χ2v) is 5.35. The average Bonchev–Trinajstić information content (AvgIpc) is 2.92. The van der Waals surface area contributed by atoms with Crippen molar-refractivity contribution in [3.05, 3.63) is 35.4 Å². The van der Waals surface area contributed by atoms with Gasteiger partial charge in [0.1, 0.15) is 0 Å². The molecule has 3 heteroatoms. The van der Waals surface area contributed by atoms with Gasteiger partial charge in [0.25, 0.3) is 0 Å². The molecule has 0 aromatic heterocycles. The van der Waals surface area contributed by atoms with Gasteiger partial charge in [-0.2, -0.15) is 0 Å². The Morgan fingerprint density at radius 1 is 1.32 bits per heavy atom. The molecule has 1 aliphatic rings. The second kappa shape index (κ2) is 6.71. The van der Waals surface area contributed by atoms with E-state index in [2.05, 4.69) is 0 Å². The summed E-state index contributed by atoms with van der Waals surface area (Å²) < 4.78 is 0. The molecule has 0 radical (unpaired) electrons. The van der Waals surface area contributed by atoms with E-state index < -0.39 is 0 Å². The van der Waals surface area contributed by atoms with E-state index in [0.717, 1.165) is 24.0 Å². The summed E-state index contributed by atoms with van der Waals surface area (Å²) in [6.07, 6.45) is 5.01. The van der Waals surface area contributed by atoms with Gasteiger partial charge in [0, 0.05) is 12.6 Å². The first kappa shape index (κ1) is 14.1. The largest absolute Gasteiger partial charge is 0.395 e. The minimum absolute atomic E-state index is 0.0516. The van der Waals surface area contributed by atoms with Crippen molar-refractivity contribution in [1.29, 1.82) is 0 Å².